The van der Waals surface area contributed by atoms with E-state index < -0.39 is 12.1 Å². The highest BCUT2D eigenvalue weighted by molar-refractivity contribution is 7.13. The van der Waals surface area contributed by atoms with Gasteiger partial charge in [-0.05, 0) is 49.9 Å². The lowest BCUT2D eigenvalue weighted by Gasteiger charge is -2.13. The molecule has 0 radical (unpaired) electrons. The van der Waals surface area contributed by atoms with Crippen molar-refractivity contribution in [1.29, 1.82) is 0 Å². The number of carboxylic acids is 1. The highest BCUT2D eigenvalue weighted by Gasteiger charge is 2.20. The van der Waals surface area contributed by atoms with Gasteiger partial charge in [0.05, 0.1) is 4.88 Å². The van der Waals surface area contributed by atoms with E-state index in [0.29, 0.717) is 42.0 Å². The van der Waals surface area contributed by atoms with E-state index in [-0.39, 0.29) is 13.0 Å². The summed E-state index contributed by atoms with van der Waals surface area (Å²) >= 11 is 1.54. The molecule has 0 saturated heterocycles. The van der Waals surface area contributed by atoms with Crippen LogP contribution in [-0.2, 0) is 20.8 Å². The van der Waals surface area contributed by atoms with E-state index in [9.17, 15) is 9.90 Å². The summed E-state index contributed by atoms with van der Waals surface area (Å²) in [5, 5.41) is 15.4. The third-order valence-electron chi connectivity index (χ3n) is 4.47. The predicted octanol–water partition coefficient (Wildman–Crippen LogP) is 4.56. The number of thiophene rings is 1. The van der Waals surface area contributed by atoms with Crippen LogP contribution < -0.4 is 4.74 Å². The monoisotopic (exact) mass is 458 g/mol. The number of ether oxygens (including phenoxy) is 2. The van der Waals surface area contributed by atoms with Crippen LogP contribution in [0.2, 0.25) is 0 Å². The normalized spacial score (nSPS) is 12.5. The third-order valence-corrected chi connectivity index (χ3v) is 5.33. The summed E-state index contributed by atoms with van der Waals surface area (Å²) in [4.78, 5) is 22.0. The topological polar surface area (TPSA) is 103 Å². The first-order valence-electron chi connectivity index (χ1n) is 10.3. The Bertz CT molecular complexity index is 1030. The minimum Gasteiger partial charge on any atom is -0.487 e. The van der Waals surface area contributed by atoms with Crippen LogP contribution in [0.25, 0.3) is 10.8 Å². The maximum absolute atomic E-state index is 11.3. The Morgan fingerprint density at radius 3 is 2.62 bits per heavy atom. The molecule has 1 aromatic carbocycles. The molecule has 2 aromatic heterocycles. The zero-order valence-electron chi connectivity index (χ0n) is 18.2. The largest absolute Gasteiger partial charge is 0.487 e. The van der Waals surface area contributed by atoms with Gasteiger partial charge in [0.2, 0.25) is 5.89 Å². The Kier molecular flexibility index (Phi) is 8.41. The molecule has 0 aliphatic carbocycles. The first kappa shape index (κ1) is 23.5. The Balaban J connectivity index is 1.69. The highest BCUT2D eigenvalue weighted by atomic mass is 32.1. The molecule has 0 amide bonds. The first-order valence-corrected chi connectivity index (χ1v) is 11.2. The van der Waals surface area contributed by atoms with Crippen LogP contribution in [0, 0.1) is 6.92 Å². The number of benzene rings is 1. The summed E-state index contributed by atoms with van der Waals surface area (Å²) in [5.41, 5.74) is 1.94. The van der Waals surface area contributed by atoms with Gasteiger partial charge in [0.15, 0.2) is 6.10 Å². The van der Waals surface area contributed by atoms with Crippen molar-refractivity contribution in [2.24, 2.45) is 5.16 Å². The summed E-state index contributed by atoms with van der Waals surface area (Å²) in [5.74, 6) is 0.791. The molecule has 3 aromatic rings. The number of nitrogens with zero attached hydrogens (tertiary/aromatic N) is 2. The average Bonchev–Trinajstić information content (AvgIpc) is 3.44. The van der Waals surface area contributed by atoms with Crippen molar-refractivity contribution in [3.63, 3.8) is 0 Å². The second-order valence-electron chi connectivity index (χ2n) is 6.78. The molecule has 0 bridgehead atoms. The van der Waals surface area contributed by atoms with E-state index in [4.69, 9.17) is 18.7 Å². The Labute approximate surface area is 190 Å². The summed E-state index contributed by atoms with van der Waals surface area (Å²) in [6.45, 7) is 6.34. The Hall–Kier alpha value is -3.17. The Morgan fingerprint density at radius 1 is 1.22 bits per heavy atom. The zero-order valence-corrected chi connectivity index (χ0v) is 19.1. The molecule has 0 aliphatic heterocycles. The lowest BCUT2D eigenvalue weighted by molar-refractivity contribution is -0.149. The van der Waals surface area contributed by atoms with Gasteiger partial charge in [-0.1, -0.05) is 23.4 Å². The van der Waals surface area contributed by atoms with Crippen LogP contribution in [-0.4, -0.2) is 47.7 Å². The van der Waals surface area contributed by atoms with Gasteiger partial charge in [-0.25, -0.2) is 9.78 Å². The summed E-state index contributed by atoms with van der Waals surface area (Å²) in [6, 6.07) is 11.1. The standard InChI is InChI=1S/C23H26N2O6S/c1-4-28-19(23(26)27)13-16-8-10-17(11-9-16)29-14-18(25-30-5-2)21-15(3)31-22(24-21)20-7-6-12-32-20/h6-12,19H,4-5,13-14H2,1-3H3,(H,26,27)/b25-18+. The van der Waals surface area contributed by atoms with E-state index in [2.05, 4.69) is 10.1 Å². The number of aryl methyl sites for hydroxylation is 1. The first-order chi connectivity index (χ1) is 15.5. The van der Waals surface area contributed by atoms with Gasteiger partial charge >= 0.3 is 5.97 Å². The van der Waals surface area contributed by atoms with E-state index >= 15 is 0 Å². The lowest BCUT2D eigenvalue weighted by Crippen LogP contribution is -2.26. The number of hydrogen-bond acceptors (Lipinski definition) is 8. The van der Waals surface area contributed by atoms with E-state index in [1.165, 1.54) is 0 Å². The van der Waals surface area contributed by atoms with Gasteiger partial charge in [-0.15, -0.1) is 11.3 Å². The maximum atomic E-state index is 11.3. The van der Waals surface area contributed by atoms with Gasteiger partial charge < -0.3 is 23.8 Å². The van der Waals surface area contributed by atoms with Gasteiger partial charge in [0.25, 0.3) is 0 Å². The fourth-order valence-corrected chi connectivity index (χ4v) is 3.61. The molecular weight excluding hydrogens is 432 g/mol. The molecule has 0 spiro atoms. The highest BCUT2D eigenvalue weighted by Crippen LogP contribution is 2.26. The molecule has 1 atom stereocenters. The minimum absolute atomic E-state index is 0.132. The van der Waals surface area contributed by atoms with Crippen molar-refractivity contribution in [2.45, 2.75) is 33.3 Å². The van der Waals surface area contributed by atoms with E-state index in [1.807, 2.05) is 43.5 Å². The van der Waals surface area contributed by atoms with Crippen LogP contribution in [0.5, 0.6) is 5.75 Å². The van der Waals surface area contributed by atoms with Crippen LogP contribution in [0.4, 0.5) is 0 Å². The SMILES string of the molecule is CCO/N=C(\COc1ccc(CC(OCC)C(=O)O)cc1)c1nc(-c2cccs2)oc1C. The van der Waals surface area contributed by atoms with Crippen LogP contribution in [0.1, 0.15) is 30.9 Å². The fraction of sp³-hybridized carbons (Fsp3) is 0.348. The van der Waals surface area contributed by atoms with Gasteiger partial charge in [0.1, 0.15) is 36.1 Å². The lowest BCUT2D eigenvalue weighted by atomic mass is 10.1. The van der Waals surface area contributed by atoms with Crippen LogP contribution in [0.15, 0.2) is 51.4 Å². The second-order valence-corrected chi connectivity index (χ2v) is 7.72. The van der Waals surface area contributed by atoms with E-state index in [0.717, 1.165) is 10.4 Å². The van der Waals surface area contributed by atoms with E-state index in [1.54, 1.807) is 30.4 Å². The van der Waals surface area contributed by atoms with Crippen molar-refractivity contribution >= 4 is 23.0 Å². The molecular formula is C23H26N2O6S. The summed E-state index contributed by atoms with van der Waals surface area (Å²) < 4.78 is 17.0. The van der Waals surface area contributed by atoms with Crippen molar-refractivity contribution < 1.29 is 28.6 Å². The molecule has 3 rings (SSSR count). The van der Waals surface area contributed by atoms with Gasteiger partial charge in [-0.3, -0.25) is 0 Å². The van der Waals surface area contributed by atoms with Crippen molar-refractivity contribution in [1.82, 2.24) is 4.98 Å². The maximum Gasteiger partial charge on any atom is 0.333 e. The molecule has 170 valence electrons. The zero-order chi connectivity index (χ0) is 22.9. The number of hydrogen-bond donors (Lipinski definition) is 1. The molecule has 9 heteroatoms. The molecule has 32 heavy (non-hydrogen) atoms. The van der Waals surface area contributed by atoms with Crippen LogP contribution >= 0.6 is 11.3 Å². The average molecular weight is 459 g/mol. The number of carbonyl (C=O) groups is 1. The summed E-state index contributed by atoms with van der Waals surface area (Å²) in [7, 11) is 0. The Morgan fingerprint density at radius 2 is 2.00 bits per heavy atom. The number of oxazole rings is 1. The number of rotatable bonds is 12. The fourth-order valence-electron chi connectivity index (χ4n) is 2.96. The van der Waals surface area contributed by atoms with Crippen molar-refractivity contribution in [3.8, 4) is 16.5 Å². The van der Waals surface area contributed by atoms with Crippen LogP contribution in [0.3, 0.4) is 0 Å². The smallest absolute Gasteiger partial charge is 0.333 e. The second kappa shape index (κ2) is 11.4. The minimum atomic E-state index is -0.978. The molecule has 2 heterocycles. The van der Waals surface area contributed by atoms with Crippen molar-refractivity contribution in [3.05, 3.63) is 58.8 Å². The quantitative estimate of drug-likeness (QED) is 0.313. The number of oxime groups is 1. The summed E-state index contributed by atoms with van der Waals surface area (Å²) in [6.07, 6.45) is -0.589. The molecule has 1 unspecified atom stereocenters. The van der Waals surface area contributed by atoms with Crippen molar-refractivity contribution in [2.75, 3.05) is 19.8 Å². The molecule has 0 aliphatic rings. The van der Waals surface area contributed by atoms with Gasteiger partial charge in [-0.2, -0.15) is 0 Å². The number of aromatic nitrogens is 1. The molecule has 0 saturated carbocycles. The molecule has 0 fully saturated rings. The third kappa shape index (κ3) is 6.18. The molecule has 8 nitrogen and oxygen atoms in total. The number of aliphatic carboxylic acids is 1. The number of carboxylic acid groups (broad SMARTS) is 1. The molecule has 1 N–H and O–H groups in total. The predicted molar refractivity (Wildman–Crippen MR) is 121 cm³/mol. The van der Waals surface area contributed by atoms with Gasteiger partial charge in [0, 0.05) is 13.0 Å².